The molecule has 1 amide bonds. The molecule has 0 aliphatic rings. The number of fused-ring (bicyclic) bond motifs is 1. The molecule has 0 fully saturated rings. The highest BCUT2D eigenvalue weighted by atomic mass is 35.5. The number of aromatic nitrogens is 3. The van der Waals surface area contributed by atoms with Crippen LogP contribution in [0.1, 0.15) is 55.7 Å². The lowest BCUT2D eigenvalue weighted by Gasteiger charge is -2.13. The van der Waals surface area contributed by atoms with Crippen LogP contribution in [0.5, 0.6) is 0 Å². The number of amides is 1. The number of halogens is 2. The van der Waals surface area contributed by atoms with E-state index in [4.69, 9.17) is 28.2 Å². The van der Waals surface area contributed by atoms with Crippen LogP contribution >= 0.6 is 23.2 Å². The number of benzene rings is 1. The fourth-order valence-corrected chi connectivity index (χ4v) is 3.02. The van der Waals surface area contributed by atoms with Crippen LogP contribution in [-0.4, -0.2) is 20.7 Å². The molecule has 0 radical (unpaired) electrons. The summed E-state index contributed by atoms with van der Waals surface area (Å²) in [5, 5.41) is 8.88. The number of carbonyl (C=O) groups is 1. The summed E-state index contributed by atoms with van der Waals surface area (Å²) in [6.45, 7) is 8.14. The molecule has 0 bridgehead atoms. The first-order chi connectivity index (χ1) is 12.3. The van der Waals surface area contributed by atoms with Gasteiger partial charge in [-0.05, 0) is 44.0 Å². The van der Waals surface area contributed by atoms with Gasteiger partial charge >= 0.3 is 0 Å². The highest BCUT2D eigenvalue weighted by Gasteiger charge is 2.19. The standard InChI is InChI=1S/C19H20Cl2N4O/c1-10(2)16-8-13(14-9-22-25(11(3)4)18(14)23-16)19(26)24-17-7-12(20)5-6-15(17)21/h5-11H,1-4H3,(H,24,26). The summed E-state index contributed by atoms with van der Waals surface area (Å²) in [5.74, 6) is -0.0945. The van der Waals surface area contributed by atoms with Crippen LogP contribution in [0, 0.1) is 0 Å². The van der Waals surface area contributed by atoms with E-state index in [1.165, 1.54) is 0 Å². The smallest absolute Gasteiger partial charge is 0.256 e. The van der Waals surface area contributed by atoms with E-state index < -0.39 is 0 Å². The van der Waals surface area contributed by atoms with Crippen LogP contribution < -0.4 is 5.32 Å². The maximum Gasteiger partial charge on any atom is 0.256 e. The van der Waals surface area contributed by atoms with Crippen LogP contribution in [0.15, 0.2) is 30.5 Å². The third-order valence-electron chi connectivity index (χ3n) is 4.09. The first kappa shape index (κ1) is 18.7. The lowest BCUT2D eigenvalue weighted by atomic mass is 10.0. The summed E-state index contributed by atoms with van der Waals surface area (Å²) in [5.41, 5.74) is 2.52. The van der Waals surface area contributed by atoms with Crippen molar-refractivity contribution in [1.82, 2.24) is 14.8 Å². The van der Waals surface area contributed by atoms with Crippen molar-refractivity contribution in [3.63, 3.8) is 0 Å². The molecular weight excluding hydrogens is 371 g/mol. The van der Waals surface area contributed by atoms with Crippen molar-refractivity contribution < 1.29 is 4.79 Å². The number of anilines is 1. The van der Waals surface area contributed by atoms with Gasteiger partial charge in [0.25, 0.3) is 5.91 Å². The average molecular weight is 391 g/mol. The molecule has 0 spiro atoms. The number of hydrogen-bond donors (Lipinski definition) is 1. The van der Waals surface area contributed by atoms with Gasteiger partial charge in [-0.1, -0.05) is 37.0 Å². The fourth-order valence-electron chi connectivity index (χ4n) is 2.68. The molecule has 0 saturated heterocycles. The van der Waals surface area contributed by atoms with Crippen molar-refractivity contribution in [2.24, 2.45) is 0 Å². The molecular formula is C19H20Cl2N4O. The fraction of sp³-hybridized carbons (Fsp3) is 0.316. The minimum atomic E-state index is -0.272. The lowest BCUT2D eigenvalue weighted by Crippen LogP contribution is -2.14. The zero-order valence-corrected chi connectivity index (χ0v) is 16.6. The lowest BCUT2D eigenvalue weighted by molar-refractivity contribution is 0.102. The minimum absolute atomic E-state index is 0.140. The number of pyridine rings is 1. The Hall–Kier alpha value is -2.11. The third kappa shape index (κ3) is 3.55. The number of rotatable bonds is 4. The molecule has 0 saturated carbocycles. The molecule has 2 aromatic heterocycles. The first-order valence-electron chi connectivity index (χ1n) is 8.42. The second-order valence-electron chi connectivity index (χ2n) is 6.75. The summed E-state index contributed by atoms with van der Waals surface area (Å²) in [6.07, 6.45) is 1.68. The van der Waals surface area contributed by atoms with Gasteiger partial charge in [-0.25, -0.2) is 9.67 Å². The Bertz CT molecular complexity index is 979. The summed E-state index contributed by atoms with van der Waals surface area (Å²) < 4.78 is 1.82. The van der Waals surface area contributed by atoms with E-state index in [1.807, 2.05) is 38.4 Å². The number of carbonyl (C=O) groups excluding carboxylic acids is 1. The van der Waals surface area contributed by atoms with Gasteiger partial charge in [0.05, 0.1) is 27.9 Å². The van der Waals surface area contributed by atoms with Gasteiger partial charge in [0.2, 0.25) is 0 Å². The Morgan fingerprint density at radius 3 is 2.54 bits per heavy atom. The van der Waals surface area contributed by atoms with Crippen molar-refractivity contribution in [2.45, 2.75) is 39.7 Å². The minimum Gasteiger partial charge on any atom is -0.321 e. The van der Waals surface area contributed by atoms with Crippen molar-refractivity contribution in [1.29, 1.82) is 0 Å². The Labute approximate surface area is 162 Å². The van der Waals surface area contributed by atoms with Crippen molar-refractivity contribution in [2.75, 3.05) is 5.32 Å². The maximum absolute atomic E-state index is 13.0. The molecule has 2 heterocycles. The molecule has 3 rings (SSSR count). The molecule has 0 unspecified atom stereocenters. The van der Waals surface area contributed by atoms with Crippen LogP contribution in [0.25, 0.3) is 11.0 Å². The van der Waals surface area contributed by atoms with Crippen molar-refractivity contribution >= 4 is 45.8 Å². The largest absolute Gasteiger partial charge is 0.321 e. The topological polar surface area (TPSA) is 59.8 Å². The quantitative estimate of drug-likeness (QED) is 0.621. The molecule has 5 nitrogen and oxygen atoms in total. The molecule has 0 aliphatic carbocycles. The van der Waals surface area contributed by atoms with Crippen LogP contribution in [0.3, 0.4) is 0 Å². The van der Waals surface area contributed by atoms with E-state index in [2.05, 4.69) is 10.4 Å². The molecule has 26 heavy (non-hydrogen) atoms. The Morgan fingerprint density at radius 2 is 1.88 bits per heavy atom. The second kappa shape index (κ2) is 7.25. The Morgan fingerprint density at radius 1 is 1.15 bits per heavy atom. The zero-order chi connectivity index (χ0) is 19.0. The van der Waals surface area contributed by atoms with Gasteiger partial charge in [0.15, 0.2) is 5.65 Å². The highest BCUT2D eigenvalue weighted by Crippen LogP contribution is 2.28. The second-order valence-corrected chi connectivity index (χ2v) is 7.59. The Kier molecular flexibility index (Phi) is 5.21. The van der Waals surface area contributed by atoms with E-state index >= 15 is 0 Å². The summed E-state index contributed by atoms with van der Waals surface area (Å²) >= 11 is 12.2. The maximum atomic E-state index is 13.0. The van der Waals surface area contributed by atoms with Crippen LogP contribution in [-0.2, 0) is 0 Å². The summed E-state index contributed by atoms with van der Waals surface area (Å²) in [7, 11) is 0. The van der Waals surface area contributed by atoms with Gasteiger partial charge in [0, 0.05) is 16.8 Å². The normalized spacial score (nSPS) is 11.5. The van der Waals surface area contributed by atoms with Gasteiger partial charge in [-0.15, -0.1) is 0 Å². The SMILES string of the molecule is CC(C)c1cc(C(=O)Nc2cc(Cl)ccc2Cl)c2cnn(C(C)C)c2n1. The molecule has 1 aromatic carbocycles. The number of nitrogens with zero attached hydrogens (tertiary/aromatic N) is 3. The average Bonchev–Trinajstić information content (AvgIpc) is 3.01. The van der Waals surface area contributed by atoms with Gasteiger partial charge < -0.3 is 5.32 Å². The monoisotopic (exact) mass is 390 g/mol. The van der Waals surface area contributed by atoms with E-state index in [0.29, 0.717) is 32.3 Å². The molecule has 7 heteroatoms. The molecule has 3 aromatic rings. The predicted molar refractivity (Wildman–Crippen MR) is 106 cm³/mol. The van der Waals surface area contributed by atoms with E-state index in [1.54, 1.807) is 24.4 Å². The number of nitrogens with one attached hydrogen (secondary N) is 1. The van der Waals surface area contributed by atoms with E-state index in [-0.39, 0.29) is 17.9 Å². The zero-order valence-electron chi connectivity index (χ0n) is 15.0. The van der Waals surface area contributed by atoms with Gasteiger partial charge in [0.1, 0.15) is 0 Å². The highest BCUT2D eigenvalue weighted by molar-refractivity contribution is 6.36. The number of hydrogen-bond acceptors (Lipinski definition) is 3. The van der Waals surface area contributed by atoms with Crippen molar-refractivity contribution in [3.05, 3.63) is 51.8 Å². The van der Waals surface area contributed by atoms with E-state index in [9.17, 15) is 4.79 Å². The summed E-state index contributed by atoms with van der Waals surface area (Å²) in [4.78, 5) is 17.7. The van der Waals surface area contributed by atoms with Gasteiger partial charge in [-0.2, -0.15) is 5.10 Å². The van der Waals surface area contributed by atoms with E-state index in [0.717, 1.165) is 5.69 Å². The molecule has 136 valence electrons. The summed E-state index contributed by atoms with van der Waals surface area (Å²) in [6, 6.07) is 6.90. The molecule has 0 atom stereocenters. The van der Waals surface area contributed by atoms with Crippen molar-refractivity contribution in [3.8, 4) is 0 Å². The predicted octanol–water partition coefficient (Wildman–Crippen LogP) is 5.69. The third-order valence-corrected chi connectivity index (χ3v) is 4.65. The van der Waals surface area contributed by atoms with Crippen LogP contribution in [0.4, 0.5) is 5.69 Å². The first-order valence-corrected chi connectivity index (χ1v) is 9.18. The van der Waals surface area contributed by atoms with Gasteiger partial charge in [-0.3, -0.25) is 4.79 Å². The molecule has 1 N–H and O–H groups in total. The molecule has 0 aliphatic heterocycles. The van der Waals surface area contributed by atoms with Crippen LogP contribution in [0.2, 0.25) is 10.0 Å². The Balaban J connectivity index is 2.11.